The molecule has 2 nitrogen and oxygen atoms in total. The van der Waals surface area contributed by atoms with Crippen molar-refractivity contribution < 1.29 is 5.11 Å². The van der Waals surface area contributed by atoms with Crippen molar-refractivity contribution in [3.8, 4) is 0 Å². The predicted molar refractivity (Wildman–Crippen MR) is 76.7 cm³/mol. The van der Waals surface area contributed by atoms with E-state index < -0.39 is 5.60 Å². The SMILES string of the molecule is CCC(C)(C/C=N/CCC(C)C)CC(C)(C)O. The molecule has 0 radical (unpaired) electrons. The molecule has 0 aliphatic heterocycles. The van der Waals surface area contributed by atoms with Gasteiger partial charge in [-0.3, -0.25) is 4.99 Å². The Balaban J connectivity index is 4.12. The third kappa shape index (κ3) is 9.34. The third-order valence-electron chi connectivity index (χ3n) is 3.26. The van der Waals surface area contributed by atoms with Crippen molar-refractivity contribution in [2.24, 2.45) is 16.3 Å². The van der Waals surface area contributed by atoms with E-state index in [4.69, 9.17) is 0 Å². The predicted octanol–water partition coefficient (Wildman–Crippen LogP) is 4.07. The van der Waals surface area contributed by atoms with Crippen molar-refractivity contribution in [3.05, 3.63) is 0 Å². The second-order valence-electron chi connectivity index (χ2n) is 6.63. The van der Waals surface area contributed by atoms with Crippen molar-refractivity contribution in [1.82, 2.24) is 0 Å². The highest BCUT2D eigenvalue weighted by Gasteiger charge is 2.28. The number of aliphatic hydroxyl groups is 1. The van der Waals surface area contributed by atoms with Gasteiger partial charge in [0.1, 0.15) is 0 Å². The van der Waals surface area contributed by atoms with Crippen LogP contribution >= 0.6 is 0 Å². The molecule has 0 rings (SSSR count). The Labute approximate surface area is 108 Å². The van der Waals surface area contributed by atoms with Crippen molar-refractivity contribution in [2.75, 3.05) is 6.54 Å². The summed E-state index contributed by atoms with van der Waals surface area (Å²) >= 11 is 0. The molecule has 1 unspecified atom stereocenters. The monoisotopic (exact) mass is 241 g/mol. The maximum atomic E-state index is 9.92. The van der Waals surface area contributed by atoms with Gasteiger partial charge in [-0.25, -0.2) is 0 Å². The summed E-state index contributed by atoms with van der Waals surface area (Å²) in [5, 5.41) is 9.92. The highest BCUT2D eigenvalue weighted by atomic mass is 16.3. The fraction of sp³-hybridized carbons (Fsp3) is 0.933. The van der Waals surface area contributed by atoms with Gasteiger partial charge in [-0.2, -0.15) is 0 Å². The number of aliphatic imine (C=N–C) groups is 1. The Kier molecular flexibility index (Phi) is 6.99. The lowest BCUT2D eigenvalue weighted by Gasteiger charge is -2.33. The van der Waals surface area contributed by atoms with Crippen molar-refractivity contribution in [1.29, 1.82) is 0 Å². The molecule has 102 valence electrons. The van der Waals surface area contributed by atoms with Crippen LogP contribution in [0.2, 0.25) is 0 Å². The van der Waals surface area contributed by atoms with Gasteiger partial charge in [-0.1, -0.05) is 34.1 Å². The third-order valence-corrected chi connectivity index (χ3v) is 3.26. The van der Waals surface area contributed by atoms with E-state index in [0.717, 1.165) is 38.1 Å². The fourth-order valence-electron chi connectivity index (χ4n) is 2.09. The van der Waals surface area contributed by atoms with Crippen LogP contribution in [0, 0.1) is 11.3 Å². The van der Waals surface area contributed by atoms with Crippen molar-refractivity contribution >= 4 is 6.21 Å². The molecule has 0 fully saturated rings. The van der Waals surface area contributed by atoms with Crippen LogP contribution in [0.1, 0.15) is 67.2 Å². The van der Waals surface area contributed by atoms with E-state index >= 15 is 0 Å². The first-order valence-electron chi connectivity index (χ1n) is 6.89. The maximum absolute atomic E-state index is 9.92. The topological polar surface area (TPSA) is 32.6 Å². The largest absolute Gasteiger partial charge is 0.390 e. The molecular formula is C15H31NO. The molecule has 0 bridgehead atoms. The second kappa shape index (κ2) is 7.15. The molecule has 1 N–H and O–H groups in total. The molecule has 0 spiro atoms. The fourth-order valence-corrected chi connectivity index (χ4v) is 2.09. The van der Waals surface area contributed by atoms with Crippen LogP contribution in [0.3, 0.4) is 0 Å². The van der Waals surface area contributed by atoms with E-state index in [1.165, 1.54) is 0 Å². The molecule has 1 atom stereocenters. The molecule has 17 heavy (non-hydrogen) atoms. The smallest absolute Gasteiger partial charge is 0.0597 e. The molecular weight excluding hydrogens is 210 g/mol. The van der Waals surface area contributed by atoms with Crippen molar-refractivity contribution in [3.63, 3.8) is 0 Å². The number of hydrogen-bond donors (Lipinski definition) is 1. The first kappa shape index (κ1) is 16.6. The van der Waals surface area contributed by atoms with Crippen LogP contribution < -0.4 is 0 Å². The van der Waals surface area contributed by atoms with E-state index in [0.29, 0.717) is 0 Å². The summed E-state index contributed by atoms with van der Waals surface area (Å²) in [4.78, 5) is 4.47. The van der Waals surface area contributed by atoms with Gasteiger partial charge in [-0.05, 0) is 50.7 Å². The van der Waals surface area contributed by atoms with Gasteiger partial charge in [0, 0.05) is 6.54 Å². The van der Waals surface area contributed by atoms with Crippen LogP contribution in [0.15, 0.2) is 4.99 Å². The van der Waals surface area contributed by atoms with Gasteiger partial charge < -0.3 is 5.11 Å². The zero-order valence-electron chi connectivity index (χ0n) is 12.6. The van der Waals surface area contributed by atoms with E-state index in [1.807, 2.05) is 13.8 Å². The molecule has 0 aliphatic carbocycles. The van der Waals surface area contributed by atoms with Gasteiger partial charge in [0.05, 0.1) is 5.60 Å². The number of nitrogens with zero attached hydrogens (tertiary/aromatic N) is 1. The Hall–Kier alpha value is -0.370. The summed E-state index contributed by atoms with van der Waals surface area (Å²) in [6.07, 6.45) is 6.08. The molecule has 0 saturated carbocycles. The van der Waals surface area contributed by atoms with Crippen LogP contribution in [0.25, 0.3) is 0 Å². The highest BCUT2D eigenvalue weighted by Crippen LogP contribution is 2.34. The number of rotatable bonds is 8. The zero-order chi connectivity index (χ0) is 13.5. The van der Waals surface area contributed by atoms with Crippen molar-refractivity contribution in [2.45, 2.75) is 72.8 Å². The van der Waals surface area contributed by atoms with Gasteiger partial charge in [0.15, 0.2) is 0 Å². The quantitative estimate of drug-likeness (QED) is 0.638. The average Bonchev–Trinajstić information content (AvgIpc) is 2.14. The van der Waals surface area contributed by atoms with E-state index in [2.05, 4.69) is 38.9 Å². The summed E-state index contributed by atoms with van der Waals surface area (Å²) < 4.78 is 0. The number of hydrogen-bond acceptors (Lipinski definition) is 2. The minimum Gasteiger partial charge on any atom is -0.390 e. The first-order valence-corrected chi connectivity index (χ1v) is 6.89. The van der Waals surface area contributed by atoms with E-state index in [9.17, 15) is 5.11 Å². The Morgan fingerprint density at radius 2 is 1.82 bits per heavy atom. The average molecular weight is 241 g/mol. The van der Waals surface area contributed by atoms with Gasteiger partial charge in [-0.15, -0.1) is 0 Å². The lowest BCUT2D eigenvalue weighted by atomic mass is 9.76. The molecule has 0 heterocycles. The normalized spacial score (nSPS) is 16.7. The van der Waals surface area contributed by atoms with Crippen LogP contribution in [0.5, 0.6) is 0 Å². The van der Waals surface area contributed by atoms with Crippen LogP contribution in [-0.4, -0.2) is 23.5 Å². The first-order chi connectivity index (χ1) is 7.68. The Morgan fingerprint density at radius 1 is 1.24 bits per heavy atom. The summed E-state index contributed by atoms with van der Waals surface area (Å²) in [7, 11) is 0. The van der Waals surface area contributed by atoms with Crippen LogP contribution in [0.4, 0.5) is 0 Å². The Bertz CT molecular complexity index is 228. The molecule has 0 amide bonds. The summed E-state index contributed by atoms with van der Waals surface area (Å²) in [6.45, 7) is 13.6. The van der Waals surface area contributed by atoms with E-state index in [-0.39, 0.29) is 5.41 Å². The summed E-state index contributed by atoms with van der Waals surface area (Å²) in [6, 6.07) is 0. The molecule has 0 aromatic carbocycles. The van der Waals surface area contributed by atoms with Crippen LogP contribution in [-0.2, 0) is 0 Å². The molecule has 0 saturated heterocycles. The lowest BCUT2D eigenvalue weighted by Crippen LogP contribution is -2.30. The zero-order valence-corrected chi connectivity index (χ0v) is 12.6. The maximum Gasteiger partial charge on any atom is 0.0597 e. The van der Waals surface area contributed by atoms with Gasteiger partial charge in [0.25, 0.3) is 0 Å². The Morgan fingerprint density at radius 3 is 2.24 bits per heavy atom. The minimum absolute atomic E-state index is 0.166. The molecule has 0 aromatic heterocycles. The van der Waals surface area contributed by atoms with E-state index in [1.54, 1.807) is 0 Å². The van der Waals surface area contributed by atoms with Gasteiger partial charge in [0.2, 0.25) is 0 Å². The second-order valence-corrected chi connectivity index (χ2v) is 6.63. The summed E-state index contributed by atoms with van der Waals surface area (Å²) in [5.74, 6) is 0.723. The molecule has 0 aromatic rings. The standard InChI is InChI=1S/C15H31NO/c1-7-15(6,12-14(4,5)17)9-11-16-10-8-13(2)3/h11,13,17H,7-10,12H2,1-6H3/b16-11+. The minimum atomic E-state index is -0.587. The summed E-state index contributed by atoms with van der Waals surface area (Å²) in [5.41, 5.74) is -0.421. The molecule has 0 aliphatic rings. The molecule has 2 heteroatoms. The van der Waals surface area contributed by atoms with Gasteiger partial charge >= 0.3 is 0 Å². The highest BCUT2D eigenvalue weighted by molar-refractivity contribution is 5.58. The lowest BCUT2D eigenvalue weighted by molar-refractivity contribution is 0.0274.